The van der Waals surface area contributed by atoms with Crippen LogP contribution in [-0.2, 0) is 4.75 Å². The van der Waals surface area contributed by atoms with Crippen LogP contribution < -0.4 is 0 Å². The van der Waals surface area contributed by atoms with E-state index in [0.29, 0.717) is 5.75 Å². The van der Waals surface area contributed by atoms with E-state index in [0.717, 1.165) is 10.9 Å². The average molecular weight is 250 g/mol. The first-order valence-corrected chi connectivity index (χ1v) is 6.96. The van der Waals surface area contributed by atoms with Crippen LogP contribution in [0.3, 0.4) is 0 Å². The second-order valence-electron chi connectivity index (χ2n) is 4.32. The normalized spacial score (nSPS) is 11.9. The molecule has 0 spiro atoms. The summed E-state index contributed by atoms with van der Waals surface area (Å²) >= 11 is 4.31. The summed E-state index contributed by atoms with van der Waals surface area (Å²) in [4.78, 5) is 0. The zero-order valence-corrected chi connectivity index (χ0v) is 11.0. The summed E-state index contributed by atoms with van der Waals surface area (Å²) in [5, 5.41) is 12.0. The van der Waals surface area contributed by atoms with Gasteiger partial charge in [0.05, 0.1) is 0 Å². The maximum Gasteiger partial charge on any atom is 0.116 e. The number of phenolic OH excluding ortho intramolecular Hbond substituents is 1. The molecule has 0 aliphatic rings. The topological polar surface area (TPSA) is 20.2 Å². The van der Waals surface area contributed by atoms with E-state index < -0.39 is 0 Å². The molecule has 0 aliphatic heterocycles. The highest BCUT2D eigenvalue weighted by Crippen LogP contribution is 2.42. The molecule has 16 heavy (non-hydrogen) atoms. The first-order chi connectivity index (χ1) is 7.54. The summed E-state index contributed by atoms with van der Waals surface area (Å²) in [6.07, 6.45) is 0. The van der Waals surface area contributed by atoms with Crippen molar-refractivity contribution in [3.8, 4) is 5.75 Å². The lowest BCUT2D eigenvalue weighted by molar-refractivity contribution is 0.475. The van der Waals surface area contributed by atoms with Gasteiger partial charge in [0.25, 0.3) is 0 Å². The summed E-state index contributed by atoms with van der Waals surface area (Å²) in [5.41, 5.74) is 1.11. The minimum absolute atomic E-state index is 0.124. The van der Waals surface area contributed by atoms with E-state index in [1.165, 1.54) is 16.2 Å². The number of hydrogen-bond acceptors (Lipinski definition) is 3. The molecule has 0 amide bonds. The first-order valence-electron chi connectivity index (χ1n) is 5.09. The van der Waals surface area contributed by atoms with Gasteiger partial charge in [-0.3, -0.25) is 0 Å². The van der Waals surface area contributed by atoms with Crippen LogP contribution in [0, 0.1) is 0 Å². The third kappa shape index (κ3) is 2.02. The average Bonchev–Trinajstić information content (AvgIpc) is 2.28. The molecule has 0 unspecified atom stereocenters. The quantitative estimate of drug-likeness (QED) is 0.610. The molecule has 0 atom stereocenters. The lowest BCUT2D eigenvalue weighted by Gasteiger charge is -2.23. The molecule has 2 rings (SSSR count). The maximum absolute atomic E-state index is 9.74. The molecule has 1 N–H and O–H groups in total. The minimum Gasteiger partial charge on any atom is -0.508 e. The fraction of sp³-hybridized carbons (Fsp3) is 0.231. The van der Waals surface area contributed by atoms with Gasteiger partial charge < -0.3 is 5.11 Å². The molecule has 3 heteroatoms. The number of hydrogen-bond donors (Lipinski definition) is 2. The van der Waals surface area contributed by atoms with Crippen molar-refractivity contribution >= 4 is 33.2 Å². The Bertz CT molecular complexity index is 520. The molecule has 1 nitrogen and oxygen atoms in total. The summed E-state index contributed by atoms with van der Waals surface area (Å²) in [6.45, 7) is 4.21. The van der Waals surface area contributed by atoms with E-state index in [4.69, 9.17) is 0 Å². The molecule has 2 aromatic rings. The Kier molecular flexibility index (Phi) is 3.08. The van der Waals surface area contributed by atoms with Crippen molar-refractivity contribution in [3.05, 3.63) is 42.0 Å². The molecule has 0 radical (unpaired) electrons. The molecule has 0 aromatic heterocycles. The van der Waals surface area contributed by atoms with Gasteiger partial charge in [-0.15, -0.1) is 11.7 Å². The fourth-order valence-electron chi connectivity index (χ4n) is 1.84. The van der Waals surface area contributed by atoms with Gasteiger partial charge in [0.1, 0.15) is 5.75 Å². The largest absolute Gasteiger partial charge is 0.508 e. The minimum atomic E-state index is -0.124. The SMILES string of the molecule is CC(C)(SS)c1cc(O)cc2ccccc12. The Morgan fingerprint density at radius 1 is 1.19 bits per heavy atom. The predicted molar refractivity (Wildman–Crippen MR) is 75.2 cm³/mol. The molecule has 0 bridgehead atoms. The predicted octanol–water partition coefficient (Wildman–Crippen LogP) is 4.36. The highest BCUT2D eigenvalue weighted by atomic mass is 33.1. The van der Waals surface area contributed by atoms with Gasteiger partial charge in [-0.1, -0.05) is 35.1 Å². The van der Waals surface area contributed by atoms with Crippen molar-refractivity contribution in [2.45, 2.75) is 18.6 Å². The molecule has 0 saturated carbocycles. The monoisotopic (exact) mass is 250 g/mol. The Morgan fingerprint density at radius 3 is 2.56 bits per heavy atom. The van der Waals surface area contributed by atoms with E-state index >= 15 is 0 Å². The molecule has 2 aromatic carbocycles. The lowest BCUT2D eigenvalue weighted by atomic mass is 9.95. The van der Waals surface area contributed by atoms with E-state index in [-0.39, 0.29) is 4.75 Å². The third-order valence-electron chi connectivity index (χ3n) is 2.72. The number of thiol groups is 1. The van der Waals surface area contributed by atoms with Crippen molar-refractivity contribution < 1.29 is 5.11 Å². The number of fused-ring (bicyclic) bond motifs is 1. The third-order valence-corrected chi connectivity index (χ3v) is 4.77. The Hall–Kier alpha value is -0.800. The van der Waals surface area contributed by atoms with Crippen LogP contribution in [0.15, 0.2) is 36.4 Å². The molecule has 0 saturated heterocycles. The standard InChI is InChI=1S/C13H14OS2/c1-13(2,16-15)12-8-10(14)7-9-5-3-4-6-11(9)12/h3-8,14-15H,1-2H3. The van der Waals surface area contributed by atoms with Crippen molar-refractivity contribution in [2.24, 2.45) is 0 Å². The Morgan fingerprint density at radius 2 is 1.88 bits per heavy atom. The van der Waals surface area contributed by atoms with E-state index in [1.54, 1.807) is 6.07 Å². The van der Waals surface area contributed by atoms with Crippen LogP contribution in [0.25, 0.3) is 10.8 Å². The van der Waals surface area contributed by atoms with Gasteiger partial charge in [0.15, 0.2) is 0 Å². The molecule has 0 fully saturated rings. The van der Waals surface area contributed by atoms with Crippen LogP contribution >= 0.6 is 22.5 Å². The van der Waals surface area contributed by atoms with Crippen molar-refractivity contribution in [2.75, 3.05) is 0 Å². The molecule has 84 valence electrons. The van der Waals surface area contributed by atoms with Gasteiger partial charge in [0.2, 0.25) is 0 Å². The fourth-order valence-corrected chi connectivity index (χ4v) is 2.40. The van der Waals surface area contributed by atoms with E-state index in [9.17, 15) is 5.11 Å². The van der Waals surface area contributed by atoms with E-state index in [1.807, 2.05) is 24.3 Å². The van der Waals surface area contributed by atoms with Crippen LogP contribution in [0.4, 0.5) is 0 Å². The number of rotatable bonds is 2. The lowest BCUT2D eigenvalue weighted by Crippen LogP contribution is -2.10. The van der Waals surface area contributed by atoms with Crippen LogP contribution in [-0.4, -0.2) is 5.11 Å². The zero-order chi connectivity index (χ0) is 11.8. The van der Waals surface area contributed by atoms with Gasteiger partial charge in [-0.05, 0) is 42.3 Å². The number of aromatic hydroxyl groups is 1. The zero-order valence-electron chi connectivity index (χ0n) is 9.27. The Labute approximate surface area is 105 Å². The summed E-state index contributed by atoms with van der Waals surface area (Å²) < 4.78 is -0.124. The summed E-state index contributed by atoms with van der Waals surface area (Å²) in [6, 6.07) is 11.7. The second-order valence-corrected chi connectivity index (χ2v) is 6.07. The molecule has 0 aliphatic carbocycles. The maximum atomic E-state index is 9.74. The van der Waals surface area contributed by atoms with Gasteiger partial charge in [0, 0.05) is 4.75 Å². The highest BCUT2D eigenvalue weighted by Gasteiger charge is 2.22. The van der Waals surface area contributed by atoms with Crippen molar-refractivity contribution in [1.82, 2.24) is 0 Å². The van der Waals surface area contributed by atoms with Crippen molar-refractivity contribution in [1.29, 1.82) is 0 Å². The molecular weight excluding hydrogens is 236 g/mol. The smallest absolute Gasteiger partial charge is 0.116 e. The number of benzene rings is 2. The highest BCUT2D eigenvalue weighted by molar-refractivity contribution is 8.69. The van der Waals surface area contributed by atoms with E-state index in [2.05, 4.69) is 31.6 Å². The van der Waals surface area contributed by atoms with Crippen molar-refractivity contribution in [3.63, 3.8) is 0 Å². The summed E-state index contributed by atoms with van der Waals surface area (Å²) in [7, 11) is 1.49. The summed E-state index contributed by atoms with van der Waals surface area (Å²) in [5.74, 6) is 0.309. The molecule has 0 heterocycles. The van der Waals surface area contributed by atoms with Crippen LogP contribution in [0.2, 0.25) is 0 Å². The second kappa shape index (κ2) is 4.22. The molecular formula is C13H14OS2. The van der Waals surface area contributed by atoms with Gasteiger partial charge in [-0.2, -0.15) is 0 Å². The van der Waals surface area contributed by atoms with Gasteiger partial charge in [-0.25, -0.2) is 0 Å². The van der Waals surface area contributed by atoms with Gasteiger partial charge >= 0.3 is 0 Å². The Balaban J connectivity index is 2.77. The van der Waals surface area contributed by atoms with Crippen LogP contribution in [0.5, 0.6) is 5.75 Å². The number of phenols is 1. The van der Waals surface area contributed by atoms with Crippen LogP contribution in [0.1, 0.15) is 19.4 Å². The first kappa shape index (κ1) is 11.7.